The van der Waals surface area contributed by atoms with E-state index in [0.717, 1.165) is 24.3 Å². The number of benzene rings is 2. The minimum atomic E-state index is -3.16. The zero-order valence-electron chi connectivity index (χ0n) is 15.5. The van der Waals surface area contributed by atoms with Gasteiger partial charge in [-0.1, -0.05) is 30.3 Å². The zero-order chi connectivity index (χ0) is 18.8. The molecule has 2 aromatic rings. The first-order valence-corrected chi connectivity index (χ1v) is 10.3. The molecule has 0 fully saturated rings. The van der Waals surface area contributed by atoms with Gasteiger partial charge < -0.3 is 15.4 Å². The first kappa shape index (κ1) is 23.2. The van der Waals surface area contributed by atoms with Crippen LogP contribution in [-0.2, 0) is 16.4 Å². The van der Waals surface area contributed by atoms with Crippen molar-refractivity contribution in [3.63, 3.8) is 0 Å². The number of nitrogens with one attached hydrogen (secondary N) is 2. The van der Waals surface area contributed by atoms with Gasteiger partial charge in [0.1, 0.15) is 5.75 Å². The summed E-state index contributed by atoms with van der Waals surface area (Å²) in [6, 6.07) is 16.5. The lowest BCUT2D eigenvalue weighted by Crippen LogP contribution is -2.37. The van der Waals surface area contributed by atoms with Gasteiger partial charge in [-0.15, -0.1) is 24.0 Å². The molecule has 0 atom stereocenters. The number of rotatable bonds is 8. The molecule has 0 bridgehead atoms. The van der Waals surface area contributed by atoms with Crippen LogP contribution in [0.25, 0.3) is 0 Å². The standard InChI is InChI=1S/C19H25N3O3S.HI/c1-20-19(21-13-6-14-25-17-7-4-3-5-8-17)22-15-16-9-11-18(12-10-16)26(2,23)24;/h3-5,7-12H,6,13-15H2,1-2H3,(H2,20,21,22);1H. The summed E-state index contributed by atoms with van der Waals surface area (Å²) < 4.78 is 28.6. The molecule has 0 saturated heterocycles. The summed E-state index contributed by atoms with van der Waals surface area (Å²) >= 11 is 0. The van der Waals surface area contributed by atoms with Crippen LogP contribution < -0.4 is 15.4 Å². The Kier molecular flexibility index (Phi) is 10.2. The molecule has 0 aliphatic carbocycles. The molecule has 6 nitrogen and oxygen atoms in total. The Labute approximate surface area is 178 Å². The summed E-state index contributed by atoms with van der Waals surface area (Å²) in [5.74, 6) is 1.56. The lowest BCUT2D eigenvalue weighted by atomic mass is 10.2. The fourth-order valence-electron chi connectivity index (χ4n) is 2.25. The Morgan fingerprint density at radius 1 is 1.04 bits per heavy atom. The van der Waals surface area contributed by atoms with E-state index in [0.29, 0.717) is 24.0 Å². The van der Waals surface area contributed by atoms with E-state index in [4.69, 9.17) is 4.74 Å². The minimum Gasteiger partial charge on any atom is -0.494 e. The maximum Gasteiger partial charge on any atom is 0.191 e. The van der Waals surface area contributed by atoms with Gasteiger partial charge in [-0.05, 0) is 36.2 Å². The van der Waals surface area contributed by atoms with Crippen molar-refractivity contribution in [3.8, 4) is 5.75 Å². The van der Waals surface area contributed by atoms with Crippen molar-refractivity contribution >= 4 is 39.8 Å². The number of sulfone groups is 1. The van der Waals surface area contributed by atoms with Crippen LogP contribution in [0.2, 0.25) is 0 Å². The van der Waals surface area contributed by atoms with Gasteiger partial charge in [-0.25, -0.2) is 8.42 Å². The summed E-state index contributed by atoms with van der Waals surface area (Å²) in [4.78, 5) is 4.49. The molecule has 27 heavy (non-hydrogen) atoms. The summed E-state index contributed by atoms with van der Waals surface area (Å²) in [6.45, 7) is 1.92. The van der Waals surface area contributed by atoms with Crippen molar-refractivity contribution in [1.82, 2.24) is 10.6 Å². The van der Waals surface area contributed by atoms with Crippen LogP contribution in [0.3, 0.4) is 0 Å². The van der Waals surface area contributed by atoms with Crippen molar-refractivity contribution in [2.75, 3.05) is 26.5 Å². The maximum atomic E-state index is 11.5. The van der Waals surface area contributed by atoms with E-state index < -0.39 is 9.84 Å². The highest BCUT2D eigenvalue weighted by molar-refractivity contribution is 14.0. The van der Waals surface area contributed by atoms with E-state index in [1.807, 2.05) is 30.3 Å². The molecule has 2 aromatic carbocycles. The number of ether oxygens (including phenoxy) is 1. The van der Waals surface area contributed by atoms with Gasteiger partial charge in [0, 0.05) is 26.4 Å². The Morgan fingerprint density at radius 2 is 1.70 bits per heavy atom. The van der Waals surface area contributed by atoms with E-state index in [1.165, 1.54) is 6.26 Å². The van der Waals surface area contributed by atoms with Crippen molar-refractivity contribution in [3.05, 3.63) is 60.2 Å². The molecule has 8 heteroatoms. The summed E-state index contributed by atoms with van der Waals surface area (Å²) in [6.07, 6.45) is 2.05. The number of guanidine groups is 1. The molecular weight excluding hydrogens is 477 g/mol. The van der Waals surface area contributed by atoms with Crippen LogP contribution >= 0.6 is 24.0 Å². The molecule has 0 saturated carbocycles. The second-order valence-corrected chi connectivity index (χ2v) is 7.80. The summed E-state index contributed by atoms with van der Waals surface area (Å²) in [7, 11) is -1.45. The Morgan fingerprint density at radius 3 is 2.30 bits per heavy atom. The van der Waals surface area contributed by atoms with Gasteiger partial charge in [-0.2, -0.15) is 0 Å². The normalized spacial score (nSPS) is 11.4. The molecule has 0 aromatic heterocycles. The van der Waals surface area contributed by atoms with Crippen molar-refractivity contribution in [1.29, 1.82) is 0 Å². The van der Waals surface area contributed by atoms with Gasteiger partial charge in [0.15, 0.2) is 15.8 Å². The third kappa shape index (κ3) is 8.61. The topological polar surface area (TPSA) is 79.8 Å². The fraction of sp³-hybridized carbons (Fsp3) is 0.316. The Bertz CT molecular complexity index is 810. The molecule has 2 rings (SSSR count). The number of nitrogens with zero attached hydrogens (tertiary/aromatic N) is 1. The first-order chi connectivity index (χ1) is 12.5. The zero-order valence-corrected chi connectivity index (χ0v) is 18.7. The third-order valence-electron chi connectivity index (χ3n) is 3.66. The minimum absolute atomic E-state index is 0. The van der Waals surface area contributed by atoms with E-state index in [2.05, 4.69) is 15.6 Å². The number of halogens is 1. The molecule has 0 unspecified atom stereocenters. The van der Waals surface area contributed by atoms with Gasteiger partial charge >= 0.3 is 0 Å². The van der Waals surface area contributed by atoms with E-state index in [1.54, 1.807) is 31.3 Å². The van der Waals surface area contributed by atoms with E-state index in [9.17, 15) is 8.42 Å². The molecule has 0 amide bonds. The average Bonchev–Trinajstić information content (AvgIpc) is 2.64. The van der Waals surface area contributed by atoms with Crippen molar-refractivity contribution in [2.24, 2.45) is 4.99 Å². The number of hydrogen-bond acceptors (Lipinski definition) is 4. The van der Waals surface area contributed by atoms with Gasteiger partial charge in [0.05, 0.1) is 11.5 Å². The quantitative estimate of drug-likeness (QED) is 0.251. The SMILES string of the molecule is CN=C(NCCCOc1ccccc1)NCc1ccc(S(C)(=O)=O)cc1.I. The molecule has 0 heterocycles. The highest BCUT2D eigenvalue weighted by Gasteiger charge is 2.06. The smallest absolute Gasteiger partial charge is 0.191 e. The molecule has 0 aliphatic rings. The van der Waals surface area contributed by atoms with Crippen LogP contribution in [0.1, 0.15) is 12.0 Å². The maximum absolute atomic E-state index is 11.5. The lowest BCUT2D eigenvalue weighted by Gasteiger charge is -2.12. The number of aliphatic imine (C=N–C) groups is 1. The van der Waals surface area contributed by atoms with Crippen molar-refractivity contribution < 1.29 is 13.2 Å². The van der Waals surface area contributed by atoms with Gasteiger partial charge in [0.2, 0.25) is 0 Å². The fourth-order valence-corrected chi connectivity index (χ4v) is 2.88. The second kappa shape index (κ2) is 11.8. The van der Waals surface area contributed by atoms with Gasteiger partial charge in [-0.3, -0.25) is 4.99 Å². The third-order valence-corrected chi connectivity index (χ3v) is 4.79. The summed E-state index contributed by atoms with van der Waals surface area (Å²) in [5, 5.41) is 6.43. The van der Waals surface area contributed by atoms with Crippen molar-refractivity contribution in [2.45, 2.75) is 17.9 Å². The Hall–Kier alpha value is -1.81. The van der Waals surface area contributed by atoms with Crippen LogP contribution in [-0.4, -0.2) is 40.8 Å². The number of para-hydroxylation sites is 1. The molecular formula is C19H26IN3O3S. The average molecular weight is 503 g/mol. The first-order valence-electron chi connectivity index (χ1n) is 8.40. The van der Waals surface area contributed by atoms with Crippen LogP contribution in [0.15, 0.2) is 64.5 Å². The van der Waals surface area contributed by atoms with Gasteiger partial charge in [0.25, 0.3) is 0 Å². The highest BCUT2D eigenvalue weighted by atomic mass is 127. The summed E-state index contributed by atoms with van der Waals surface area (Å²) in [5.41, 5.74) is 0.979. The van der Waals surface area contributed by atoms with Crippen LogP contribution in [0, 0.1) is 0 Å². The number of hydrogen-bond donors (Lipinski definition) is 2. The molecule has 2 N–H and O–H groups in total. The molecule has 148 valence electrons. The molecule has 0 aliphatic heterocycles. The predicted octanol–water partition coefficient (Wildman–Crippen LogP) is 2.84. The van der Waals surface area contributed by atoms with Crippen LogP contribution in [0.5, 0.6) is 5.75 Å². The predicted molar refractivity (Wildman–Crippen MR) is 120 cm³/mol. The molecule has 0 radical (unpaired) electrons. The van der Waals surface area contributed by atoms with Crippen LogP contribution in [0.4, 0.5) is 0 Å². The van der Waals surface area contributed by atoms with E-state index >= 15 is 0 Å². The monoisotopic (exact) mass is 503 g/mol. The largest absolute Gasteiger partial charge is 0.494 e. The highest BCUT2D eigenvalue weighted by Crippen LogP contribution is 2.10. The second-order valence-electron chi connectivity index (χ2n) is 5.78. The molecule has 0 spiro atoms. The lowest BCUT2D eigenvalue weighted by molar-refractivity contribution is 0.311. The Balaban J connectivity index is 0.00000364. The van der Waals surface area contributed by atoms with E-state index in [-0.39, 0.29) is 24.0 Å².